The first-order valence-corrected chi connectivity index (χ1v) is 19.3. The van der Waals surface area contributed by atoms with Gasteiger partial charge in [-0.3, -0.25) is 4.79 Å². The minimum atomic E-state index is -4.48. The fourth-order valence-electron chi connectivity index (χ4n) is 10.1. The van der Waals surface area contributed by atoms with E-state index in [1.165, 1.54) is 32.1 Å². The zero-order chi connectivity index (χ0) is 31.7. The van der Waals surface area contributed by atoms with E-state index in [-0.39, 0.29) is 29.5 Å². The smallest absolute Gasteiger partial charge is 0.240 e. The second-order valence-electron chi connectivity index (χ2n) is 14.3. The van der Waals surface area contributed by atoms with Crippen LogP contribution >= 0.6 is 23.2 Å². The number of aliphatic hydroxyl groups is 1. The van der Waals surface area contributed by atoms with Gasteiger partial charge in [0, 0.05) is 6.42 Å². The van der Waals surface area contributed by atoms with Crippen molar-refractivity contribution in [1.29, 1.82) is 0 Å². The predicted octanol–water partition coefficient (Wildman–Crippen LogP) is 5.66. The zero-order valence-electron chi connectivity index (χ0n) is 25.1. The van der Waals surface area contributed by atoms with Crippen molar-refractivity contribution in [3.8, 4) is 0 Å². The number of nitrogens with two attached hydrogens (primary N) is 2. The molecule has 1 aromatic carbocycles. The van der Waals surface area contributed by atoms with Crippen LogP contribution in [0.3, 0.4) is 0 Å². The van der Waals surface area contributed by atoms with E-state index in [1.807, 2.05) is 0 Å². The number of rotatable bonds is 7. The van der Waals surface area contributed by atoms with Gasteiger partial charge < -0.3 is 10.4 Å². The van der Waals surface area contributed by atoms with Crippen molar-refractivity contribution in [2.45, 2.75) is 107 Å². The topological polar surface area (TPSA) is 170 Å². The Morgan fingerprint density at radius 1 is 0.953 bits per heavy atom. The fraction of sp³-hybridized carbons (Fsp3) is 0.767. The lowest BCUT2D eigenvalue weighted by atomic mass is 9.44. The molecule has 1 amide bonds. The van der Waals surface area contributed by atoms with Gasteiger partial charge in [0.05, 0.1) is 21.8 Å². The number of hydrogen-bond acceptors (Lipinski definition) is 6. The van der Waals surface area contributed by atoms with Gasteiger partial charge >= 0.3 is 0 Å². The molecule has 0 spiro atoms. The molecule has 0 bridgehead atoms. The van der Waals surface area contributed by atoms with E-state index in [1.54, 1.807) is 0 Å². The summed E-state index contributed by atoms with van der Waals surface area (Å²) in [6, 6.07) is 0.719. The van der Waals surface area contributed by atoms with Gasteiger partial charge in [-0.05, 0) is 117 Å². The third kappa shape index (κ3) is 6.01. The number of carbonyl (C=O) groups excluding carboxylic acids is 1. The molecule has 13 heteroatoms. The number of aliphatic hydroxyl groups excluding tert-OH is 1. The van der Waals surface area contributed by atoms with E-state index < -0.39 is 45.8 Å². The summed E-state index contributed by atoms with van der Waals surface area (Å²) in [5.41, 5.74) is 0.192. The minimum absolute atomic E-state index is 0.126. The Hall–Kier alpha value is -0.950. The summed E-state index contributed by atoms with van der Waals surface area (Å²) in [5, 5.41) is 22.4. The van der Waals surface area contributed by atoms with Gasteiger partial charge in [0.15, 0.2) is 0 Å². The lowest BCUT2D eigenvalue weighted by molar-refractivity contribution is -0.129. The van der Waals surface area contributed by atoms with Gasteiger partial charge in [-0.2, -0.15) is 0 Å². The number of anilines is 1. The quantitative estimate of drug-likeness (QED) is 0.290. The van der Waals surface area contributed by atoms with E-state index in [0.717, 1.165) is 43.6 Å². The Kier molecular flexibility index (Phi) is 9.08. The minimum Gasteiger partial charge on any atom is -0.393 e. The third-order valence-corrected chi connectivity index (χ3v) is 15.1. The molecule has 0 unspecified atom stereocenters. The zero-order valence-corrected chi connectivity index (χ0v) is 28.3. The van der Waals surface area contributed by atoms with Gasteiger partial charge in [-0.15, -0.1) is 0 Å². The van der Waals surface area contributed by atoms with Crippen LogP contribution in [0.1, 0.15) is 91.4 Å². The summed E-state index contributed by atoms with van der Waals surface area (Å²) in [6.07, 6.45) is 10.8. The van der Waals surface area contributed by atoms with E-state index >= 15 is 0 Å². The summed E-state index contributed by atoms with van der Waals surface area (Å²) in [6.45, 7) is 7.17. The van der Waals surface area contributed by atoms with E-state index in [2.05, 4.69) is 26.1 Å². The number of carbonyl (C=O) groups is 1. The Labute approximate surface area is 265 Å². The summed E-state index contributed by atoms with van der Waals surface area (Å²) >= 11 is 12.3. The lowest BCUT2D eigenvalue weighted by Crippen LogP contribution is -2.54. The normalized spacial score (nSPS) is 36.7. The first kappa shape index (κ1) is 33.4. The van der Waals surface area contributed by atoms with Crippen LogP contribution in [0.25, 0.3) is 0 Å². The highest BCUT2D eigenvalue weighted by Gasteiger charge is 2.60. The first-order valence-electron chi connectivity index (χ1n) is 15.4. The highest BCUT2D eigenvalue weighted by Crippen LogP contribution is 2.68. The standard InChI is InChI=1S/C30H45Cl2N3O6S2/c1-16(4-9-25(37)35-28-24(43(34,40)41)15-23(42(33,38)39)26(31)27(28)32)20-7-8-21-19-6-5-17-14-18(36)10-12-29(17,2)22(19)11-13-30(20,21)3/h15-22,36H,4-14H2,1-3H3,(H,35,37)(H2,33,38,39)(H2,34,40,41)/t16-,17-,18-,19+,20-,21+,22+,29+,30-/m1/s1. The summed E-state index contributed by atoms with van der Waals surface area (Å²) in [5.74, 6) is 3.04. The number of primary sulfonamides is 2. The van der Waals surface area contributed by atoms with Crippen LogP contribution in [0.15, 0.2) is 15.9 Å². The van der Waals surface area contributed by atoms with Crippen LogP contribution in [0.2, 0.25) is 10.0 Å². The van der Waals surface area contributed by atoms with Crippen molar-refractivity contribution in [3.63, 3.8) is 0 Å². The molecule has 0 aliphatic heterocycles. The van der Waals surface area contributed by atoms with Gasteiger partial charge in [0.1, 0.15) is 9.79 Å². The van der Waals surface area contributed by atoms with Crippen LogP contribution < -0.4 is 15.6 Å². The van der Waals surface area contributed by atoms with Crippen molar-refractivity contribution in [2.75, 3.05) is 5.32 Å². The Balaban J connectivity index is 1.27. The number of amides is 1. The maximum atomic E-state index is 13.1. The van der Waals surface area contributed by atoms with E-state index in [0.29, 0.717) is 29.6 Å². The molecular formula is C30H45Cl2N3O6S2. The summed E-state index contributed by atoms with van der Waals surface area (Å²) in [4.78, 5) is 11.7. The van der Waals surface area contributed by atoms with E-state index in [9.17, 15) is 26.7 Å². The first-order chi connectivity index (χ1) is 19.9. The van der Waals surface area contributed by atoms with Crippen molar-refractivity contribution in [2.24, 2.45) is 56.6 Å². The molecule has 4 saturated carbocycles. The van der Waals surface area contributed by atoms with Crippen molar-refractivity contribution >= 4 is 54.8 Å². The van der Waals surface area contributed by atoms with Crippen LogP contribution in [-0.4, -0.2) is 34.0 Å². The largest absolute Gasteiger partial charge is 0.393 e. The molecule has 5 rings (SSSR count). The molecular weight excluding hydrogens is 633 g/mol. The van der Waals surface area contributed by atoms with Gasteiger partial charge in [-0.25, -0.2) is 27.1 Å². The highest BCUT2D eigenvalue weighted by molar-refractivity contribution is 7.90. The molecule has 242 valence electrons. The molecule has 43 heavy (non-hydrogen) atoms. The number of hydrogen-bond donors (Lipinski definition) is 4. The van der Waals surface area contributed by atoms with E-state index in [4.69, 9.17) is 33.5 Å². The fourth-order valence-corrected chi connectivity index (χ4v) is 12.4. The molecule has 6 N–H and O–H groups in total. The number of nitrogens with one attached hydrogen (secondary N) is 1. The van der Waals surface area contributed by atoms with Gasteiger partial charge in [0.25, 0.3) is 0 Å². The van der Waals surface area contributed by atoms with Gasteiger partial charge in [0.2, 0.25) is 26.0 Å². The van der Waals surface area contributed by atoms with Crippen LogP contribution in [0.4, 0.5) is 5.69 Å². The monoisotopic (exact) mass is 677 g/mol. The second kappa shape index (κ2) is 11.7. The molecule has 4 aliphatic rings. The average molecular weight is 679 g/mol. The maximum Gasteiger partial charge on any atom is 0.240 e. The molecule has 9 nitrogen and oxygen atoms in total. The molecule has 0 heterocycles. The van der Waals surface area contributed by atoms with Crippen molar-refractivity contribution < 1.29 is 26.7 Å². The number of halogens is 2. The third-order valence-electron chi connectivity index (χ3n) is 12.2. The van der Waals surface area contributed by atoms with Crippen LogP contribution in [0.5, 0.6) is 0 Å². The Bertz CT molecular complexity index is 1510. The highest BCUT2D eigenvalue weighted by atomic mass is 35.5. The molecule has 4 aliphatic carbocycles. The molecule has 0 saturated heterocycles. The lowest BCUT2D eigenvalue weighted by Gasteiger charge is -2.61. The summed E-state index contributed by atoms with van der Waals surface area (Å²) in [7, 11) is -8.89. The van der Waals surface area contributed by atoms with Crippen molar-refractivity contribution in [1.82, 2.24) is 0 Å². The van der Waals surface area contributed by atoms with Crippen molar-refractivity contribution in [3.05, 3.63) is 16.1 Å². The Morgan fingerprint density at radius 3 is 2.23 bits per heavy atom. The van der Waals surface area contributed by atoms with Gasteiger partial charge in [-0.1, -0.05) is 44.0 Å². The van der Waals surface area contributed by atoms with Crippen LogP contribution in [0, 0.1) is 46.3 Å². The maximum absolute atomic E-state index is 13.1. The molecule has 9 atom stereocenters. The second-order valence-corrected chi connectivity index (χ2v) is 18.2. The molecule has 0 radical (unpaired) electrons. The SMILES string of the molecule is C[C@H](CCC(=O)Nc1c(S(N)(=O)=O)cc(S(N)(=O)=O)c(Cl)c1Cl)[C@H]1CC[C@H]2[C@@H]3CC[C@@H]4C[C@H](O)CC[C@]4(C)[C@H]3CC[C@]12C. The number of fused-ring (bicyclic) bond motifs is 5. The number of benzene rings is 1. The van der Waals surface area contributed by atoms with Crippen LogP contribution in [-0.2, 0) is 24.8 Å². The molecule has 0 aromatic heterocycles. The summed E-state index contributed by atoms with van der Waals surface area (Å²) < 4.78 is 48.4. The Morgan fingerprint density at radius 2 is 1.58 bits per heavy atom. The average Bonchev–Trinajstić information content (AvgIpc) is 3.26. The molecule has 1 aromatic rings. The molecule has 4 fully saturated rings. The number of sulfonamides is 2. The predicted molar refractivity (Wildman–Crippen MR) is 167 cm³/mol.